The van der Waals surface area contributed by atoms with Gasteiger partial charge in [0.25, 0.3) is 0 Å². The van der Waals surface area contributed by atoms with Gasteiger partial charge < -0.3 is 10.4 Å². The molecule has 1 aromatic heterocycles. The van der Waals surface area contributed by atoms with E-state index in [0.29, 0.717) is 0 Å². The van der Waals surface area contributed by atoms with Crippen molar-refractivity contribution in [1.29, 1.82) is 0 Å². The van der Waals surface area contributed by atoms with Gasteiger partial charge in [-0.05, 0) is 13.2 Å². The van der Waals surface area contributed by atoms with Gasteiger partial charge in [-0.2, -0.15) is 11.8 Å². The summed E-state index contributed by atoms with van der Waals surface area (Å²) in [5.74, 6) is 0.743. The number of nitrogens with one attached hydrogen (secondary N) is 1. The molecule has 14 heavy (non-hydrogen) atoms. The normalized spacial score (nSPS) is 14.8. The van der Waals surface area contributed by atoms with Crippen LogP contribution < -0.4 is 5.32 Å². The first-order valence-corrected chi connectivity index (χ1v) is 5.73. The second-order valence-electron chi connectivity index (χ2n) is 2.98. The number of rotatable bonds is 5. The van der Waals surface area contributed by atoms with Crippen LogP contribution in [0.4, 0.5) is 5.82 Å². The van der Waals surface area contributed by atoms with E-state index >= 15 is 0 Å². The minimum atomic E-state index is 0.162. The highest BCUT2D eigenvalue weighted by Gasteiger charge is 2.14. The van der Waals surface area contributed by atoms with E-state index < -0.39 is 0 Å². The van der Waals surface area contributed by atoms with Gasteiger partial charge in [-0.15, -0.1) is 0 Å². The molecule has 0 aromatic carbocycles. The fraction of sp³-hybridized carbons (Fsp3) is 0.556. The number of thioether (sulfide) groups is 1. The Hall–Kier alpha value is -0.810. The van der Waals surface area contributed by atoms with Gasteiger partial charge >= 0.3 is 0 Å². The third kappa shape index (κ3) is 3.16. The zero-order valence-electron chi connectivity index (χ0n) is 8.34. The molecular weight excluding hydrogens is 198 g/mol. The van der Waals surface area contributed by atoms with Crippen LogP contribution in [0, 0.1) is 0 Å². The molecule has 4 nitrogen and oxygen atoms in total. The van der Waals surface area contributed by atoms with Crippen LogP contribution in [0.25, 0.3) is 0 Å². The first-order chi connectivity index (χ1) is 6.77. The molecule has 0 saturated carbocycles. The third-order valence-corrected chi connectivity index (χ3v) is 3.14. The largest absolute Gasteiger partial charge is 0.395 e. The van der Waals surface area contributed by atoms with E-state index in [4.69, 9.17) is 5.11 Å². The Bertz CT molecular complexity index is 253. The topological polar surface area (TPSA) is 58.0 Å². The first-order valence-electron chi connectivity index (χ1n) is 4.44. The van der Waals surface area contributed by atoms with Crippen molar-refractivity contribution < 1.29 is 5.11 Å². The van der Waals surface area contributed by atoms with Gasteiger partial charge in [-0.1, -0.05) is 0 Å². The summed E-state index contributed by atoms with van der Waals surface area (Å²) >= 11 is 1.64. The van der Waals surface area contributed by atoms with E-state index in [9.17, 15) is 0 Å². The number of hydrogen-bond donors (Lipinski definition) is 2. The van der Waals surface area contributed by atoms with E-state index in [2.05, 4.69) is 15.3 Å². The molecule has 78 valence electrons. The van der Waals surface area contributed by atoms with Gasteiger partial charge in [0.1, 0.15) is 5.82 Å². The summed E-state index contributed by atoms with van der Waals surface area (Å²) < 4.78 is 0. The summed E-state index contributed by atoms with van der Waals surface area (Å²) in [6, 6.07) is 0.173. The first kappa shape index (κ1) is 11.3. The lowest BCUT2D eigenvalue weighted by Crippen LogP contribution is -2.31. The van der Waals surface area contributed by atoms with Crippen LogP contribution in [0.15, 0.2) is 18.6 Å². The monoisotopic (exact) mass is 213 g/mol. The van der Waals surface area contributed by atoms with E-state index in [1.807, 2.05) is 13.2 Å². The van der Waals surface area contributed by atoms with E-state index in [1.165, 1.54) is 0 Å². The predicted octanol–water partition coefficient (Wildman–Crippen LogP) is 1.00. The summed E-state index contributed by atoms with van der Waals surface area (Å²) in [6.07, 6.45) is 6.93. The molecule has 0 saturated heterocycles. The number of hydrogen-bond acceptors (Lipinski definition) is 5. The molecule has 0 fully saturated rings. The van der Waals surface area contributed by atoms with Crippen LogP contribution in [0.3, 0.4) is 0 Å². The maximum absolute atomic E-state index is 9.08. The molecule has 0 spiro atoms. The van der Waals surface area contributed by atoms with E-state index in [-0.39, 0.29) is 17.9 Å². The van der Waals surface area contributed by atoms with Crippen molar-refractivity contribution in [3.05, 3.63) is 18.6 Å². The standard InChI is InChI=1S/C9H15N3OS/c1-7(8(6-13)14-2)12-9-5-10-3-4-11-9/h3-5,7-8,13H,6H2,1-2H3,(H,11,12). The van der Waals surface area contributed by atoms with Crippen LogP contribution in [-0.2, 0) is 0 Å². The highest BCUT2D eigenvalue weighted by atomic mass is 32.2. The zero-order valence-corrected chi connectivity index (χ0v) is 9.16. The Morgan fingerprint density at radius 2 is 2.36 bits per heavy atom. The molecule has 0 bridgehead atoms. The number of nitrogens with zero attached hydrogens (tertiary/aromatic N) is 2. The summed E-state index contributed by atoms with van der Waals surface area (Å²) in [5.41, 5.74) is 0. The zero-order chi connectivity index (χ0) is 10.4. The molecule has 1 heterocycles. The van der Waals surface area contributed by atoms with Gasteiger partial charge in [-0.3, -0.25) is 4.98 Å². The molecule has 0 amide bonds. The minimum absolute atomic E-state index is 0.162. The highest BCUT2D eigenvalue weighted by molar-refractivity contribution is 7.99. The Labute approximate surface area is 88.2 Å². The van der Waals surface area contributed by atoms with Gasteiger partial charge in [0.2, 0.25) is 0 Å². The van der Waals surface area contributed by atoms with Gasteiger partial charge in [-0.25, -0.2) is 4.98 Å². The Balaban J connectivity index is 2.52. The molecule has 2 unspecified atom stereocenters. The maximum Gasteiger partial charge on any atom is 0.144 e. The fourth-order valence-electron chi connectivity index (χ4n) is 1.14. The molecule has 2 atom stereocenters. The van der Waals surface area contributed by atoms with Crippen molar-refractivity contribution in [1.82, 2.24) is 9.97 Å². The lowest BCUT2D eigenvalue weighted by Gasteiger charge is -2.21. The molecule has 0 aliphatic rings. The Morgan fingerprint density at radius 1 is 1.57 bits per heavy atom. The van der Waals surface area contributed by atoms with Crippen LogP contribution in [-0.4, -0.2) is 39.2 Å². The van der Waals surface area contributed by atoms with Crippen LogP contribution >= 0.6 is 11.8 Å². The van der Waals surface area contributed by atoms with Crippen molar-refractivity contribution >= 4 is 17.6 Å². The van der Waals surface area contributed by atoms with Crippen molar-refractivity contribution in [2.45, 2.75) is 18.2 Å². The van der Waals surface area contributed by atoms with E-state index in [0.717, 1.165) is 5.82 Å². The summed E-state index contributed by atoms with van der Waals surface area (Å²) in [6.45, 7) is 2.18. The lowest BCUT2D eigenvalue weighted by atomic mass is 10.2. The Morgan fingerprint density at radius 3 is 2.86 bits per heavy atom. The molecule has 0 radical (unpaired) electrons. The van der Waals surface area contributed by atoms with Crippen LogP contribution in [0.5, 0.6) is 0 Å². The van der Waals surface area contributed by atoms with Crippen LogP contribution in [0.1, 0.15) is 6.92 Å². The molecule has 0 aliphatic heterocycles. The molecule has 1 aromatic rings. The average Bonchev–Trinajstić information content (AvgIpc) is 2.21. The maximum atomic E-state index is 9.08. The number of anilines is 1. The summed E-state index contributed by atoms with van der Waals surface area (Å²) in [4.78, 5) is 8.06. The quantitative estimate of drug-likeness (QED) is 0.764. The summed E-state index contributed by atoms with van der Waals surface area (Å²) in [7, 11) is 0. The van der Waals surface area contributed by atoms with E-state index in [1.54, 1.807) is 30.4 Å². The summed E-state index contributed by atoms with van der Waals surface area (Å²) in [5, 5.41) is 12.4. The number of aliphatic hydroxyl groups excluding tert-OH is 1. The van der Waals surface area contributed by atoms with Gasteiger partial charge in [0.15, 0.2) is 0 Å². The number of aromatic nitrogens is 2. The molecule has 2 N–H and O–H groups in total. The fourth-order valence-corrected chi connectivity index (χ4v) is 1.76. The van der Waals surface area contributed by atoms with Gasteiger partial charge in [0.05, 0.1) is 12.8 Å². The second-order valence-corrected chi connectivity index (χ2v) is 4.06. The highest BCUT2D eigenvalue weighted by Crippen LogP contribution is 2.13. The average molecular weight is 213 g/mol. The Kier molecular flexibility index (Phi) is 4.69. The molecular formula is C9H15N3OS. The number of aliphatic hydroxyl groups is 1. The second kappa shape index (κ2) is 5.82. The van der Waals surface area contributed by atoms with Crippen molar-refractivity contribution in [3.8, 4) is 0 Å². The smallest absolute Gasteiger partial charge is 0.144 e. The predicted molar refractivity (Wildman–Crippen MR) is 59.5 cm³/mol. The molecule has 1 rings (SSSR count). The van der Waals surface area contributed by atoms with Crippen LogP contribution in [0.2, 0.25) is 0 Å². The molecule has 0 aliphatic carbocycles. The third-order valence-electron chi connectivity index (χ3n) is 1.98. The SMILES string of the molecule is CSC(CO)C(C)Nc1cnccn1. The lowest BCUT2D eigenvalue weighted by molar-refractivity contribution is 0.288. The molecule has 5 heteroatoms. The van der Waals surface area contributed by atoms with Crippen molar-refractivity contribution in [2.24, 2.45) is 0 Å². The van der Waals surface area contributed by atoms with Gasteiger partial charge in [0, 0.05) is 23.7 Å². The van der Waals surface area contributed by atoms with Crippen molar-refractivity contribution in [2.75, 3.05) is 18.2 Å². The van der Waals surface area contributed by atoms with Crippen molar-refractivity contribution in [3.63, 3.8) is 0 Å². The minimum Gasteiger partial charge on any atom is -0.395 e.